The maximum absolute atomic E-state index is 12.8. The first-order valence-electron chi connectivity index (χ1n) is 9.20. The van der Waals surface area contributed by atoms with Gasteiger partial charge in [0.15, 0.2) is 0 Å². The van der Waals surface area contributed by atoms with Gasteiger partial charge in [0, 0.05) is 17.5 Å². The lowest BCUT2D eigenvalue weighted by molar-refractivity contribution is -0.907. The van der Waals surface area contributed by atoms with Gasteiger partial charge in [0.1, 0.15) is 11.5 Å². The SMILES string of the molecule is COc1cc(OC)cc(C(=O)N2CC[NH+](C[C@H]3CC=CCC3)CC2)c1. The van der Waals surface area contributed by atoms with Crippen molar-refractivity contribution in [1.29, 1.82) is 0 Å². The van der Waals surface area contributed by atoms with Crippen molar-refractivity contribution in [2.24, 2.45) is 5.92 Å². The highest BCUT2D eigenvalue weighted by Crippen LogP contribution is 2.23. The zero-order chi connectivity index (χ0) is 17.6. The minimum absolute atomic E-state index is 0.0665. The van der Waals surface area contributed by atoms with Crippen molar-refractivity contribution in [1.82, 2.24) is 4.90 Å². The van der Waals surface area contributed by atoms with Crippen LogP contribution in [0.2, 0.25) is 0 Å². The molecule has 1 aliphatic heterocycles. The zero-order valence-corrected chi connectivity index (χ0v) is 15.3. The lowest BCUT2D eigenvalue weighted by Crippen LogP contribution is -3.15. The molecule has 1 aliphatic carbocycles. The molecule has 25 heavy (non-hydrogen) atoms. The van der Waals surface area contributed by atoms with E-state index >= 15 is 0 Å². The van der Waals surface area contributed by atoms with Gasteiger partial charge < -0.3 is 19.3 Å². The molecule has 136 valence electrons. The van der Waals surface area contributed by atoms with E-state index in [-0.39, 0.29) is 5.91 Å². The monoisotopic (exact) mass is 345 g/mol. The summed E-state index contributed by atoms with van der Waals surface area (Å²) in [7, 11) is 3.21. The Morgan fingerprint density at radius 1 is 1.12 bits per heavy atom. The number of carbonyl (C=O) groups excluding carboxylic acids is 1. The first-order valence-corrected chi connectivity index (χ1v) is 9.20. The van der Waals surface area contributed by atoms with Crippen LogP contribution in [0.3, 0.4) is 0 Å². The van der Waals surface area contributed by atoms with Crippen LogP contribution in [0.25, 0.3) is 0 Å². The minimum Gasteiger partial charge on any atom is -0.497 e. The Morgan fingerprint density at radius 3 is 2.36 bits per heavy atom. The fourth-order valence-electron chi connectivity index (χ4n) is 3.79. The standard InChI is InChI=1S/C20H28N2O3/c1-24-18-12-17(13-19(14-18)25-2)20(23)22-10-8-21(9-11-22)15-16-6-4-3-5-7-16/h3-4,12-14,16H,5-11,15H2,1-2H3/p+1/t16-/m0/s1. The molecule has 1 atom stereocenters. The molecule has 1 aromatic rings. The molecule has 0 radical (unpaired) electrons. The third-order valence-electron chi connectivity index (χ3n) is 5.31. The Balaban J connectivity index is 1.57. The van der Waals surface area contributed by atoms with Crippen molar-refractivity contribution >= 4 is 5.91 Å². The second-order valence-electron chi connectivity index (χ2n) is 7.00. The van der Waals surface area contributed by atoms with Gasteiger partial charge >= 0.3 is 0 Å². The quantitative estimate of drug-likeness (QED) is 0.821. The normalized spacial score (nSPS) is 21.2. The van der Waals surface area contributed by atoms with Gasteiger partial charge in [-0.1, -0.05) is 12.2 Å². The third kappa shape index (κ3) is 4.54. The molecule has 1 saturated heterocycles. The van der Waals surface area contributed by atoms with Crippen LogP contribution in [-0.4, -0.2) is 57.8 Å². The van der Waals surface area contributed by atoms with E-state index in [2.05, 4.69) is 12.2 Å². The Labute approximate surface area is 150 Å². The van der Waals surface area contributed by atoms with Gasteiger partial charge in [-0.05, 0) is 31.4 Å². The van der Waals surface area contributed by atoms with Crippen molar-refractivity contribution in [3.8, 4) is 11.5 Å². The highest BCUT2D eigenvalue weighted by Gasteiger charge is 2.27. The molecule has 1 heterocycles. The molecule has 0 saturated carbocycles. The van der Waals surface area contributed by atoms with Gasteiger partial charge in [0.25, 0.3) is 5.91 Å². The highest BCUT2D eigenvalue weighted by molar-refractivity contribution is 5.95. The minimum atomic E-state index is 0.0665. The van der Waals surface area contributed by atoms with Crippen molar-refractivity contribution in [3.63, 3.8) is 0 Å². The van der Waals surface area contributed by atoms with E-state index < -0.39 is 0 Å². The summed E-state index contributed by atoms with van der Waals surface area (Å²) in [5.74, 6) is 2.18. The average Bonchev–Trinajstić information content (AvgIpc) is 2.68. The number of ether oxygens (including phenoxy) is 2. The number of quaternary nitrogens is 1. The molecule has 2 aliphatic rings. The number of hydrogen-bond donors (Lipinski definition) is 1. The molecule has 3 rings (SSSR count). The fraction of sp³-hybridized carbons (Fsp3) is 0.550. The van der Waals surface area contributed by atoms with Crippen LogP contribution in [0.5, 0.6) is 11.5 Å². The number of rotatable bonds is 5. The van der Waals surface area contributed by atoms with E-state index in [0.29, 0.717) is 17.1 Å². The number of hydrogen-bond acceptors (Lipinski definition) is 3. The van der Waals surface area contributed by atoms with Gasteiger partial charge in [-0.3, -0.25) is 4.79 Å². The number of allylic oxidation sites excluding steroid dienone is 2. The first kappa shape index (κ1) is 17.8. The van der Waals surface area contributed by atoms with Crippen molar-refractivity contribution in [2.45, 2.75) is 19.3 Å². The van der Waals surface area contributed by atoms with Gasteiger partial charge in [0.05, 0.1) is 46.9 Å². The Morgan fingerprint density at radius 2 is 1.80 bits per heavy atom. The van der Waals surface area contributed by atoms with Crippen LogP contribution in [0, 0.1) is 5.92 Å². The second-order valence-corrected chi connectivity index (χ2v) is 7.00. The maximum Gasteiger partial charge on any atom is 0.254 e. The van der Waals surface area contributed by atoms with E-state index in [0.717, 1.165) is 32.1 Å². The molecule has 1 amide bonds. The summed E-state index contributed by atoms with van der Waals surface area (Å²) in [5, 5.41) is 0. The van der Waals surface area contributed by atoms with E-state index in [9.17, 15) is 4.79 Å². The van der Waals surface area contributed by atoms with E-state index in [1.54, 1.807) is 37.3 Å². The molecule has 1 aromatic carbocycles. The van der Waals surface area contributed by atoms with Crippen LogP contribution >= 0.6 is 0 Å². The number of methoxy groups -OCH3 is 2. The lowest BCUT2D eigenvalue weighted by atomic mass is 9.94. The molecule has 0 bridgehead atoms. The molecule has 0 unspecified atom stereocenters. The van der Waals surface area contributed by atoms with Gasteiger partial charge in [-0.25, -0.2) is 0 Å². The molecule has 0 spiro atoms. The number of piperazine rings is 1. The lowest BCUT2D eigenvalue weighted by Gasteiger charge is -2.34. The van der Waals surface area contributed by atoms with Crippen molar-refractivity contribution < 1.29 is 19.2 Å². The highest BCUT2D eigenvalue weighted by atomic mass is 16.5. The Bertz CT molecular complexity index is 599. The van der Waals surface area contributed by atoms with Crippen LogP contribution in [0.4, 0.5) is 0 Å². The molecule has 5 heteroatoms. The molecule has 1 N–H and O–H groups in total. The largest absolute Gasteiger partial charge is 0.497 e. The third-order valence-corrected chi connectivity index (χ3v) is 5.31. The number of amides is 1. The van der Waals surface area contributed by atoms with Crippen molar-refractivity contribution in [3.05, 3.63) is 35.9 Å². The summed E-state index contributed by atoms with van der Waals surface area (Å²) in [6.07, 6.45) is 8.37. The zero-order valence-electron chi connectivity index (χ0n) is 15.3. The Hall–Kier alpha value is -2.01. The van der Waals surface area contributed by atoms with E-state index in [4.69, 9.17) is 9.47 Å². The molecule has 1 fully saturated rings. The topological polar surface area (TPSA) is 43.2 Å². The van der Waals surface area contributed by atoms with Crippen molar-refractivity contribution in [2.75, 3.05) is 46.9 Å². The average molecular weight is 345 g/mol. The molecular weight excluding hydrogens is 316 g/mol. The van der Waals surface area contributed by atoms with Crippen LogP contribution in [0.15, 0.2) is 30.4 Å². The molecule has 5 nitrogen and oxygen atoms in total. The summed E-state index contributed by atoms with van der Waals surface area (Å²) in [6, 6.07) is 5.37. The summed E-state index contributed by atoms with van der Waals surface area (Å²) in [6.45, 7) is 4.94. The first-order chi connectivity index (χ1) is 12.2. The van der Waals surface area contributed by atoms with E-state index in [1.165, 1.54) is 25.8 Å². The number of nitrogens with zero attached hydrogens (tertiary/aromatic N) is 1. The number of nitrogens with one attached hydrogen (secondary N) is 1. The number of carbonyl (C=O) groups is 1. The summed E-state index contributed by atoms with van der Waals surface area (Å²) < 4.78 is 10.6. The predicted molar refractivity (Wildman–Crippen MR) is 97.5 cm³/mol. The van der Waals surface area contributed by atoms with Gasteiger partial charge in [0.2, 0.25) is 0 Å². The fourth-order valence-corrected chi connectivity index (χ4v) is 3.79. The predicted octanol–water partition coefficient (Wildman–Crippen LogP) is 1.40. The second kappa shape index (κ2) is 8.39. The Kier molecular flexibility index (Phi) is 5.97. The van der Waals surface area contributed by atoms with E-state index in [1.807, 2.05) is 4.90 Å². The summed E-state index contributed by atoms with van der Waals surface area (Å²) in [4.78, 5) is 16.4. The number of benzene rings is 1. The maximum atomic E-state index is 12.8. The van der Waals surface area contributed by atoms with Crippen LogP contribution in [-0.2, 0) is 0 Å². The molecule has 0 aromatic heterocycles. The smallest absolute Gasteiger partial charge is 0.254 e. The van der Waals surface area contributed by atoms with Crippen LogP contribution < -0.4 is 14.4 Å². The summed E-state index contributed by atoms with van der Waals surface area (Å²) in [5.41, 5.74) is 0.636. The summed E-state index contributed by atoms with van der Waals surface area (Å²) >= 11 is 0. The van der Waals surface area contributed by atoms with Gasteiger partial charge in [-0.15, -0.1) is 0 Å². The van der Waals surface area contributed by atoms with Crippen LogP contribution in [0.1, 0.15) is 29.6 Å². The van der Waals surface area contributed by atoms with Gasteiger partial charge in [-0.2, -0.15) is 0 Å². The molecular formula is C20H29N2O3+.